The highest BCUT2D eigenvalue weighted by molar-refractivity contribution is 7.30. The molecule has 14 heavy (non-hydrogen) atoms. The lowest BCUT2D eigenvalue weighted by Gasteiger charge is -1.96. The second-order valence-corrected chi connectivity index (χ2v) is 3.50. The van der Waals surface area contributed by atoms with Crippen LogP contribution in [0, 0.1) is 0 Å². The Bertz CT molecular complexity index is 145. The third kappa shape index (κ3) is 22.6. The van der Waals surface area contributed by atoms with Crippen LogP contribution in [0.25, 0.3) is 0 Å². The topological polar surface area (TPSA) is 74.6 Å². The van der Waals surface area contributed by atoms with Crippen molar-refractivity contribution in [1.82, 2.24) is 0 Å². The largest absolute Gasteiger partial charge is 0.692 e. The molecule has 0 fully saturated rings. The molecule has 0 aromatic carbocycles. The van der Waals surface area contributed by atoms with Crippen molar-refractivity contribution >= 4 is 14.0 Å². The molecule has 0 aliphatic heterocycles. The number of carbonyl (C=O) groups excluding carboxylic acids is 1. The fourth-order valence-corrected chi connectivity index (χ4v) is 0.873. The molecule has 0 saturated carbocycles. The lowest BCUT2D eigenvalue weighted by Crippen LogP contribution is -1.96. The Labute approximate surface area is 86.3 Å². The van der Waals surface area contributed by atoms with Crippen LogP contribution in [0.1, 0.15) is 52.4 Å². The highest BCUT2D eigenvalue weighted by Gasteiger charge is 1.98. The van der Waals surface area contributed by atoms with Gasteiger partial charge in [0.2, 0.25) is 0 Å². The highest BCUT2D eigenvalue weighted by atomic mass is 31.1. The summed E-state index contributed by atoms with van der Waals surface area (Å²) < 4.78 is 8.70. The Hall–Kier alpha value is -0.310. The Kier molecular flexibility index (Phi) is 14.6. The SMILES string of the molecule is CCCCC(=O)CCCC.O=[P+](O)O. The second-order valence-electron chi connectivity index (χ2n) is 3.00. The summed E-state index contributed by atoms with van der Waals surface area (Å²) in [5, 5.41) is 0. The summed E-state index contributed by atoms with van der Waals surface area (Å²) in [5.41, 5.74) is 0. The zero-order chi connectivity index (χ0) is 11.4. The van der Waals surface area contributed by atoms with Crippen LogP contribution < -0.4 is 0 Å². The molecule has 0 aromatic rings. The van der Waals surface area contributed by atoms with Crippen LogP contribution in [-0.2, 0) is 9.36 Å². The lowest BCUT2D eigenvalue weighted by atomic mass is 10.1. The average Bonchev–Trinajstić information content (AvgIpc) is 2.10. The van der Waals surface area contributed by atoms with Gasteiger partial charge in [-0.2, -0.15) is 0 Å². The first-order chi connectivity index (χ1) is 6.54. The predicted molar refractivity (Wildman–Crippen MR) is 56.1 cm³/mol. The minimum atomic E-state index is -2.87. The number of ketones is 1. The van der Waals surface area contributed by atoms with E-state index in [0.717, 1.165) is 38.5 Å². The minimum absolute atomic E-state index is 0.448. The number of rotatable bonds is 6. The van der Waals surface area contributed by atoms with Gasteiger partial charge in [0.15, 0.2) is 0 Å². The first kappa shape index (κ1) is 16.1. The van der Waals surface area contributed by atoms with Crippen molar-refractivity contribution in [3.05, 3.63) is 0 Å². The molecule has 5 heteroatoms. The fraction of sp³-hybridized carbons (Fsp3) is 0.889. The predicted octanol–water partition coefficient (Wildman–Crippen LogP) is 2.56. The van der Waals surface area contributed by atoms with Crippen LogP contribution in [0.5, 0.6) is 0 Å². The van der Waals surface area contributed by atoms with E-state index in [9.17, 15) is 4.79 Å². The average molecular weight is 223 g/mol. The van der Waals surface area contributed by atoms with E-state index in [1.807, 2.05) is 0 Å². The smallest absolute Gasteiger partial charge is 0.300 e. The second kappa shape index (κ2) is 12.7. The molecule has 4 nitrogen and oxygen atoms in total. The maximum atomic E-state index is 11.0. The third-order valence-electron chi connectivity index (χ3n) is 1.62. The maximum Gasteiger partial charge on any atom is 0.692 e. The van der Waals surface area contributed by atoms with E-state index < -0.39 is 8.25 Å². The van der Waals surface area contributed by atoms with Crippen molar-refractivity contribution in [2.75, 3.05) is 0 Å². The van der Waals surface area contributed by atoms with Gasteiger partial charge >= 0.3 is 8.25 Å². The summed E-state index contributed by atoms with van der Waals surface area (Å²) in [6, 6.07) is 0. The molecular formula is C9H20O4P+. The molecular weight excluding hydrogens is 203 g/mol. The molecule has 0 aliphatic rings. The van der Waals surface area contributed by atoms with E-state index in [4.69, 9.17) is 14.4 Å². The zero-order valence-corrected chi connectivity index (χ0v) is 9.80. The van der Waals surface area contributed by atoms with Gasteiger partial charge in [-0.05, 0) is 12.8 Å². The molecule has 0 atom stereocenters. The molecule has 0 radical (unpaired) electrons. The van der Waals surface area contributed by atoms with Crippen LogP contribution in [0.15, 0.2) is 0 Å². The van der Waals surface area contributed by atoms with E-state index in [0.29, 0.717) is 5.78 Å². The van der Waals surface area contributed by atoms with Gasteiger partial charge in [-0.3, -0.25) is 4.79 Å². The molecule has 84 valence electrons. The molecule has 0 rings (SSSR count). The third-order valence-corrected chi connectivity index (χ3v) is 1.62. The van der Waals surface area contributed by atoms with E-state index in [1.54, 1.807) is 0 Å². The van der Waals surface area contributed by atoms with Gasteiger partial charge in [0.05, 0.1) is 0 Å². The van der Waals surface area contributed by atoms with Gasteiger partial charge in [-0.1, -0.05) is 26.7 Å². The maximum absolute atomic E-state index is 11.0. The van der Waals surface area contributed by atoms with Gasteiger partial charge in [0.25, 0.3) is 0 Å². The number of unbranched alkanes of at least 4 members (excludes halogenated alkanes) is 2. The van der Waals surface area contributed by atoms with Gasteiger partial charge in [0.1, 0.15) is 5.78 Å². The first-order valence-electron chi connectivity index (χ1n) is 4.91. The van der Waals surface area contributed by atoms with E-state index in [1.165, 1.54) is 0 Å². The summed E-state index contributed by atoms with van der Waals surface area (Å²) >= 11 is 0. The molecule has 0 aromatic heterocycles. The number of hydrogen-bond donors (Lipinski definition) is 2. The molecule has 0 unspecified atom stereocenters. The van der Waals surface area contributed by atoms with Gasteiger partial charge < -0.3 is 0 Å². The van der Waals surface area contributed by atoms with Crippen LogP contribution in [-0.4, -0.2) is 15.6 Å². The Balaban J connectivity index is 0. The van der Waals surface area contributed by atoms with Crippen LogP contribution in [0.4, 0.5) is 0 Å². The molecule has 0 spiro atoms. The van der Waals surface area contributed by atoms with E-state index in [2.05, 4.69) is 13.8 Å². The van der Waals surface area contributed by atoms with Gasteiger partial charge in [-0.15, -0.1) is 9.79 Å². The summed E-state index contributed by atoms with van der Waals surface area (Å²) in [5.74, 6) is 0.448. The normalized spacial score (nSPS) is 8.86. The molecule has 0 saturated heterocycles. The molecule has 0 bridgehead atoms. The van der Waals surface area contributed by atoms with Crippen molar-refractivity contribution in [3.63, 3.8) is 0 Å². The van der Waals surface area contributed by atoms with Gasteiger partial charge in [0, 0.05) is 17.4 Å². The quantitative estimate of drug-likeness (QED) is 0.678. The summed E-state index contributed by atoms with van der Waals surface area (Å²) in [6.07, 6.45) is 6.02. The Morgan fingerprint density at radius 2 is 1.36 bits per heavy atom. The van der Waals surface area contributed by atoms with Crippen LogP contribution in [0.2, 0.25) is 0 Å². The molecule has 0 heterocycles. The fourth-order valence-electron chi connectivity index (χ4n) is 0.873. The summed E-state index contributed by atoms with van der Waals surface area (Å²) in [4.78, 5) is 25.2. The molecule has 0 aliphatic carbocycles. The van der Waals surface area contributed by atoms with Crippen molar-refractivity contribution in [3.8, 4) is 0 Å². The van der Waals surface area contributed by atoms with Gasteiger partial charge in [-0.25, -0.2) is 0 Å². The lowest BCUT2D eigenvalue weighted by molar-refractivity contribution is -0.119. The van der Waals surface area contributed by atoms with E-state index in [-0.39, 0.29) is 0 Å². The number of Topliss-reactive ketones (excluding diaryl/α,β-unsaturated/α-hetero) is 1. The summed E-state index contributed by atoms with van der Waals surface area (Å²) in [7, 11) is -2.87. The monoisotopic (exact) mass is 223 g/mol. The molecule has 0 amide bonds. The first-order valence-corrected chi connectivity index (χ1v) is 6.07. The Morgan fingerprint density at radius 1 is 1.07 bits per heavy atom. The van der Waals surface area contributed by atoms with Crippen molar-refractivity contribution in [2.45, 2.75) is 52.4 Å². The van der Waals surface area contributed by atoms with E-state index >= 15 is 0 Å². The van der Waals surface area contributed by atoms with Crippen molar-refractivity contribution in [2.24, 2.45) is 0 Å². The molecule has 2 N–H and O–H groups in total. The van der Waals surface area contributed by atoms with Crippen LogP contribution in [0.3, 0.4) is 0 Å². The zero-order valence-electron chi connectivity index (χ0n) is 8.90. The highest BCUT2D eigenvalue weighted by Crippen LogP contribution is 2.02. The van der Waals surface area contributed by atoms with Crippen LogP contribution >= 0.6 is 8.25 Å². The standard InChI is InChI=1S/C9H18O.HO3P/c1-3-5-7-9(10)8-6-4-2;1-4(2)3/h3-8H2,1-2H3;(H-,1,2,3)/p+1. The van der Waals surface area contributed by atoms with Crippen molar-refractivity contribution < 1.29 is 19.1 Å². The summed E-state index contributed by atoms with van der Waals surface area (Å²) in [6.45, 7) is 4.24. The number of hydrogen-bond acceptors (Lipinski definition) is 2. The Morgan fingerprint density at radius 3 is 1.57 bits per heavy atom. The minimum Gasteiger partial charge on any atom is -0.300 e. The van der Waals surface area contributed by atoms with Crippen molar-refractivity contribution in [1.29, 1.82) is 0 Å². The number of carbonyl (C=O) groups is 1.